The number of amides is 1. The SMILES string of the molecule is O=C(CNCc1ccncc1)Nc1ccccc1C(F)(F)F. The van der Waals surface area contributed by atoms with E-state index in [1.807, 2.05) is 0 Å². The highest BCUT2D eigenvalue weighted by molar-refractivity contribution is 5.93. The summed E-state index contributed by atoms with van der Waals surface area (Å²) in [6.07, 6.45) is -1.26. The average molecular weight is 309 g/mol. The van der Waals surface area contributed by atoms with Crippen LogP contribution in [0.1, 0.15) is 11.1 Å². The molecular formula is C15H14F3N3O. The molecule has 2 rings (SSSR count). The Hall–Kier alpha value is -2.41. The molecule has 0 aliphatic carbocycles. The molecule has 0 aliphatic heterocycles. The summed E-state index contributed by atoms with van der Waals surface area (Å²) in [6.45, 7) is 0.339. The molecule has 1 amide bonds. The molecule has 0 spiro atoms. The number of nitrogens with zero attached hydrogens (tertiary/aromatic N) is 1. The van der Waals surface area contributed by atoms with Crippen LogP contribution < -0.4 is 10.6 Å². The zero-order chi connectivity index (χ0) is 16.0. The van der Waals surface area contributed by atoms with E-state index in [-0.39, 0.29) is 12.2 Å². The summed E-state index contributed by atoms with van der Waals surface area (Å²) >= 11 is 0. The maximum atomic E-state index is 12.8. The summed E-state index contributed by atoms with van der Waals surface area (Å²) in [5.74, 6) is -0.536. The van der Waals surface area contributed by atoms with Gasteiger partial charge in [-0.15, -0.1) is 0 Å². The second-order valence-corrected chi connectivity index (χ2v) is 4.55. The molecule has 1 aromatic carbocycles. The lowest BCUT2D eigenvalue weighted by Gasteiger charge is -2.13. The zero-order valence-corrected chi connectivity index (χ0v) is 11.5. The number of hydrogen-bond acceptors (Lipinski definition) is 3. The quantitative estimate of drug-likeness (QED) is 0.893. The van der Waals surface area contributed by atoms with Crippen LogP contribution >= 0.6 is 0 Å². The van der Waals surface area contributed by atoms with E-state index in [4.69, 9.17) is 0 Å². The number of alkyl halides is 3. The summed E-state index contributed by atoms with van der Waals surface area (Å²) in [6, 6.07) is 8.44. The Morgan fingerprint density at radius 3 is 2.45 bits per heavy atom. The smallest absolute Gasteiger partial charge is 0.324 e. The molecular weight excluding hydrogens is 295 g/mol. The number of carbonyl (C=O) groups excluding carboxylic acids is 1. The van der Waals surface area contributed by atoms with E-state index in [1.165, 1.54) is 18.2 Å². The Bertz CT molecular complexity index is 629. The minimum absolute atomic E-state index is 0.0888. The first-order valence-corrected chi connectivity index (χ1v) is 6.52. The topological polar surface area (TPSA) is 54.0 Å². The average Bonchev–Trinajstić information content (AvgIpc) is 2.48. The van der Waals surface area contributed by atoms with E-state index in [1.54, 1.807) is 24.5 Å². The van der Waals surface area contributed by atoms with Crippen LogP contribution in [-0.2, 0) is 17.5 Å². The van der Waals surface area contributed by atoms with Crippen molar-refractivity contribution in [2.24, 2.45) is 0 Å². The maximum Gasteiger partial charge on any atom is 0.418 e. The van der Waals surface area contributed by atoms with Gasteiger partial charge in [0.25, 0.3) is 0 Å². The van der Waals surface area contributed by atoms with Crippen molar-refractivity contribution in [1.29, 1.82) is 0 Å². The lowest BCUT2D eigenvalue weighted by molar-refractivity contribution is -0.137. The van der Waals surface area contributed by atoms with Gasteiger partial charge in [-0.05, 0) is 29.8 Å². The van der Waals surface area contributed by atoms with E-state index >= 15 is 0 Å². The molecule has 116 valence electrons. The molecule has 0 atom stereocenters. The number of pyridine rings is 1. The van der Waals surface area contributed by atoms with Gasteiger partial charge in [-0.3, -0.25) is 9.78 Å². The van der Waals surface area contributed by atoms with E-state index in [9.17, 15) is 18.0 Å². The predicted octanol–water partition coefficient (Wildman–Crippen LogP) is 2.83. The van der Waals surface area contributed by atoms with Crippen LogP contribution in [0.4, 0.5) is 18.9 Å². The lowest BCUT2D eigenvalue weighted by atomic mass is 10.1. The number of rotatable bonds is 5. The van der Waals surface area contributed by atoms with Crippen LogP contribution in [0.2, 0.25) is 0 Å². The lowest BCUT2D eigenvalue weighted by Crippen LogP contribution is -2.28. The molecule has 2 aromatic rings. The second-order valence-electron chi connectivity index (χ2n) is 4.55. The van der Waals surface area contributed by atoms with Crippen molar-refractivity contribution < 1.29 is 18.0 Å². The molecule has 22 heavy (non-hydrogen) atoms. The number of aromatic nitrogens is 1. The van der Waals surface area contributed by atoms with Gasteiger partial charge in [-0.2, -0.15) is 13.2 Å². The van der Waals surface area contributed by atoms with Crippen molar-refractivity contribution in [2.45, 2.75) is 12.7 Å². The van der Waals surface area contributed by atoms with Crippen molar-refractivity contribution in [3.05, 3.63) is 59.9 Å². The normalized spacial score (nSPS) is 11.2. The van der Waals surface area contributed by atoms with Crippen molar-refractivity contribution in [2.75, 3.05) is 11.9 Å². The minimum atomic E-state index is -4.51. The highest BCUT2D eigenvalue weighted by Crippen LogP contribution is 2.34. The Labute approximate surface area is 125 Å². The minimum Gasteiger partial charge on any atom is -0.324 e. The highest BCUT2D eigenvalue weighted by atomic mass is 19.4. The Morgan fingerprint density at radius 2 is 1.77 bits per heavy atom. The third-order valence-corrected chi connectivity index (χ3v) is 2.87. The zero-order valence-electron chi connectivity index (χ0n) is 11.5. The summed E-state index contributed by atoms with van der Waals surface area (Å²) in [4.78, 5) is 15.6. The number of benzene rings is 1. The van der Waals surface area contributed by atoms with Gasteiger partial charge in [0.2, 0.25) is 5.91 Å². The largest absolute Gasteiger partial charge is 0.418 e. The molecule has 0 fully saturated rings. The molecule has 0 bridgehead atoms. The standard InChI is InChI=1S/C15H14F3N3O/c16-15(17,18)12-3-1-2-4-13(12)21-14(22)10-20-9-11-5-7-19-8-6-11/h1-8,20H,9-10H2,(H,21,22). The van der Waals surface area contributed by atoms with Crippen LogP contribution in [0.5, 0.6) is 0 Å². The number of nitrogens with one attached hydrogen (secondary N) is 2. The van der Waals surface area contributed by atoms with Gasteiger partial charge in [0, 0.05) is 18.9 Å². The van der Waals surface area contributed by atoms with Crippen LogP contribution in [0, 0.1) is 0 Å². The van der Waals surface area contributed by atoms with Gasteiger partial charge in [0.1, 0.15) is 0 Å². The third-order valence-electron chi connectivity index (χ3n) is 2.87. The molecule has 0 aliphatic rings. The van der Waals surface area contributed by atoms with Crippen LogP contribution in [-0.4, -0.2) is 17.4 Å². The molecule has 2 N–H and O–H groups in total. The Kier molecular flexibility index (Phi) is 5.11. The van der Waals surface area contributed by atoms with E-state index < -0.39 is 17.6 Å². The molecule has 0 saturated carbocycles. The Morgan fingerprint density at radius 1 is 1.09 bits per heavy atom. The number of anilines is 1. The molecule has 0 unspecified atom stereocenters. The van der Waals surface area contributed by atoms with Gasteiger partial charge in [-0.1, -0.05) is 12.1 Å². The van der Waals surface area contributed by atoms with Crippen molar-refractivity contribution >= 4 is 11.6 Å². The van der Waals surface area contributed by atoms with Crippen LogP contribution in [0.3, 0.4) is 0 Å². The monoisotopic (exact) mass is 309 g/mol. The van der Waals surface area contributed by atoms with Crippen molar-refractivity contribution in [3.63, 3.8) is 0 Å². The number of para-hydroxylation sites is 1. The summed E-state index contributed by atoms with van der Waals surface area (Å²) in [5, 5.41) is 5.13. The van der Waals surface area contributed by atoms with Gasteiger partial charge < -0.3 is 10.6 Å². The third kappa shape index (κ3) is 4.56. The summed E-state index contributed by atoms with van der Waals surface area (Å²) in [7, 11) is 0. The molecule has 0 radical (unpaired) electrons. The highest BCUT2D eigenvalue weighted by Gasteiger charge is 2.33. The molecule has 0 saturated heterocycles. The fourth-order valence-corrected chi connectivity index (χ4v) is 1.85. The number of hydrogen-bond donors (Lipinski definition) is 2. The molecule has 7 heteroatoms. The molecule has 1 aromatic heterocycles. The summed E-state index contributed by atoms with van der Waals surface area (Å²) < 4.78 is 38.4. The van der Waals surface area contributed by atoms with Crippen LogP contribution in [0.25, 0.3) is 0 Å². The number of carbonyl (C=O) groups is 1. The first-order valence-electron chi connectivity index (χ1n) is 6.52. The fraction of sp³-hybridized carbons (Fsp3) is 0.200. The van der Waals surface area contributed by atoms with E-state index in [0.29, 0.717) is 6.54 Å². The van der Waals surface area contributed by atoms with Gasteiger partial charge in [-0.25, -0.2) is 0 Å². The van der Waals surface area contributed by atoms with E-state index in [2.05, 4.69) is 15.6 Å². The first-order chi connectivity index (χ1) is 10.5. The van der Waals surface area contributed by atoms with E-state index in [0.717, 1.165) is 11.6 Å². The maximum absolute atomic E-state index is 12.8. The van der Waals surface area contributed by atoms with Gasteiger partial charge in [0.15, 0.2) is 0 Å². The number of halogens is 3. The molecule has 4 nitrogen and oxygen atoms in total. The van der Waals surface area contributed by atoms with Gasteiger partial charge >= 0.3 is 6.18 Å². The molecule has 1 heterocycles. The Balaban J connectivity index is 1.90. The first kappa shape index (κ1) is 16.0. The fourth-order valence-electron chi connectivity index (χ4n) is 1.85. The predicted molar refractivity (Wildman–Crippen MR) is 76.0 cm³/mol. The van der Waals surface area contributed by atoms with Crippen molar-refractivity contribution in [3.8, 4) is 0 Å². The van der Waals surface area contributed by atoms with Crippen molar-refractivity contribution in [1.82, 2.24) is 10.3 Å². The summed E-state index contributed by atoms with van der Waals surface area (Å²) in [5.41, 5.74) is -0.179. The van der Waals surface area contributed by atoms with Gasteiger partial charge in [0.05, 0.1) is 17.8 Å². The van der Waals surface area contributed by atoms with Crippen LogP contribution in [0.15, 0.2) is 48.8 Å². The second kappa shape index (κ2) is 7.04.